The SMILES string of the molecule is Cc1ccc(OC[C@H](O)CONC(=O)OC(C)(C)C)cc1. The van der Waals surface area contributed by atoms with Gasteiger partial charge in [0.25, 0.3) is 0 Å². The molecule has 2 N–H and O–H groups in total. The molecule has 6 nitrogen and oxygen atoms in total. The fourth-order valence-corrected chi connectivity index (χ4v) is 1.37. The van der Waals surface area contributed by atoms with Crippen LogP contribution in [0.25, 0.3) is 0 Å². The minimum Gasteiger partial charge on any atom is -0.491 e. The standard InChI is InChI=1S/C15H23NO5/c1-11-5-7-13(8-6-11)19-9-12(17)10-20-16-14(18)21-15(2,3)4/h5-8,12,17H,9-10H2,1-4H3,(H,16,18)/t12-/m0/s1. The van der Waals surface area contributed by atoms with E-state index in [1.54, 1.807) is 20.8 Å². The van der Waals surface area contributed by atoms with Gasteiger partial charge in [-0.2, -0.15) is 5.48 Å². The molecule has 6 heteroatoms. The lowest BCUT2D eigenvalue weighted by Crippen LogP contribution is -2.35. The smallest absolute Gasteiger partial charge is 0.431 e. The number of aliphatic hydroxyl groups is 1. The van der Waals surface area contributed by atoms with Gasteiger partial charge in [-0.25, -0.2) is 4.79 Å². The zero-order valence-electron chi connectivity index (χ0n) is 12.9. The summed E-state index contributed by atoms with van der Waals surface area (Å²) in [6, 6.07) is 7.48. The van der Waals surface area contributed by atoms with Gasteiger partial charge < -0.3 is 14.6 Å². The number of hydrogen-bond donors (Lipinski definition) is 2. The average Bonchev–Trinajstić information content (AvgIpc) is 2.36. The molecule has 1 aromatic carbocycles. The van der Waals surface area contributed by atoms with Crippen LogP contribution in [0.1, 0.15) is 26.3 Å². The van der Waals surface area contributed by atoms with Gasteiger partial charge in [-0.1, -0.05) is 17.7 Å². The van der Waals surface area contributed by atoms with E-state index < -0.39 is 17.8 Å². The van der Waals surface area contributed by atoms with Crippen LogP contribution in [0.5, 0.6) is 5.75 Å². The van der Waals surface area contributed by atoms with Crippen molar-refractivity contribution in [2.45, 2.75) is 39.4 Å². The maximum atomic E-state index is 11.3. The van der Waals surface area contributed by atoms with E-state index >= 15 is 0 Å². The van der Waals surface area contributed by atoms with Gasteiger partial charge in [0.2, 0.25) is 0 Å². The summed E-state index contributed by atoms with van der Waals surface area (Å²) in [5.41, 5.74) is 2.63. The highest BCUT2D eigenvalue weighted by atomic mass is 16.7. The van der Waals surface area contributed by atoms with Crippen LogP contribution in [-0.4, -0.2) is 36.1 Å². The largest absolute Gasteiger partial charge is 0.491 e. The lowest BCUT2D eigenvalue weighted by Gasteiger charge is -2.19. The van der Waals surface area contributed by atoms with Crippen LogP contribution in [0.2, 0.25) is 0 Å². The fourth-order valence-electron chi connectivity index (χ4n) is 1.37. The summed E-state index contributed by atoms with van der Waals surface area (Å²) in [5, 5.41) is 9.67. The topological polar surface area (TPSA) is 77.0 Å². The van der Waals surface area contributed by atoms with E-state index in [0.717, 1.165) is 5.56 Å². The van der Waals surface area contributed by atoms with Crippen LogP contribution >= 0.6 is 0 Å². The lowest BCUT2D eigenvalue weighted by atomic mass is 10.2. The predicted molar refractivity (Wildman–Crippen MR) is 78.0 cm³/mol. The minimum atomic E-state index is -0.860. The molecule has 0 bridgehead atoms. The maximum Gasteiger partial charge on any atom is 0.431 e. The summed E-state index contributed by atoms with van der Waals surface area (Å²) >= 11 is 0. The summed E-state index contributed by atoms with van der Waals surface area (Å²) < 4.78 is 10.4. The van der Waals surface area contributed by atoms with Crippen molar-refractivity contribution in [1.82, 2.24) is 5.48 Å². The number of carbonyl (C=O) groups is 1. The van der Waals surface area contributed by atoms with Gasteiger partial charge in [-0.15, -0.1) is 0 Å². The van der Waals surface area contributed by atoms with Gasteiger partial charge >= 0.3 is 6.09 Å². The highest BCUT2D eigenvalue weighted by Gasteiger charge is 2.16. The molecular weight excluding hydrogens is 274 g/mol. The number of hydroxylamine groups is 1. The van der Waals surface area contributed by atoms with Crippen LogP contribution < -0.4 is 10.2 Å². The van der Waals surface area contributed by atoms with E-state index in [2.05, 4.69) is 5.48 Å². The van der Waals surface area contributed by atoms with Gasteiger partial charge in [0.1, 0.15) is 30.7 Å². The third-order valence-electron chi connectivity index (χ3n) is 2.29. The van der Waals surface area contributed by atoms with E-state index in [1.165, 1.54) is 0 Å². The Morgan fingerprint density at radius 3 is 2.43 bits per heavy atom. The van der Waals surface area contributed by atoms with Crippen LogP contribution in [0.4, 0.5) is 4.79 Å². The first-order valence-electron chi connectivity index (χ1n) is 6.74. The number of hydrogen-bond acceptors (Lipinski definition) is 5. The highest BCUT2D eigenvalue weighted by Crippen LogP contribution is 2.11. The molecule has 0 saturated heterocycles. The first-order valence-corrected chi connectivity index (χ1v) is 6.74. The number of benzene rings is 1. The van der Waals surface area contributed by atoms with E-state index in [4.69, 9.17) is 14.3 Å². The number of aryl methyl sites for hydroxylation is 1. The predicted octanol–water partition coefficient (Wildman–Crippen LogP) is 2.19. The molecule has 0 aliphatic carbocycles. The van der Waals surface area contributed by atoms with Crippen molar-refractivity contribution in [2.24, 2.45) is 0 Å². The number of aliphatic hydroxyl groups excluding tert-OH is 1. The average molecular weight is 297 g/mol. The molecule has 0 aromatic heterocycles. The Labute approximate surface area is 125 Å². The second-order valence-corrected chi connectivity index (χ2v) is 5.69. The Bertz CT molecular complexity index is 438. The molecule has 21 heavy (non-hydrogen) atoms. The lowest BCUT2D eigenvalue weighted by molar-refractivity contribution is -0.0444. The van der Waals surface area contributed by atoms with Crippen molar-refractivity contribution in [3.8, 4) is 5.75 Å². The second-order valence-electron chi connectivity index (χ2n) is 5.69. The summed E-state index contributed by atoms with van der Waals surface area (Å²) in [4.78, 5) is 16.1. The summed E-state index contributed by atoms with van der Waals surface area (Å²) in [6.45, 7) is 7.20. The third-order valence-corrected chi connectivity index (χ3v) is 2.29. The van der Waals surface area contributed by atoms with Crippen molar-refractivity contribution in [3.05, 3.63) is 29.8 Å². The zero-order valence-corrected chi connectivity index (χ0v) is 12.9. The van der Waals surface area contributed by atoms with Crippen LogP contribution in [0.15, 0.2) is 24.3 Å². The molecule has 1 rings (SSSR count). The first-order chi connectivity index (χ1) is 9.76. The van der Waals surface area contributed by atoms with Crippen molar-refractivity contribution >= 4 is 6.09 Å². The van der Waals surface area contributed by atoms with Crippen molar-refractivity contribution in [3.63, 3.8) is 0 Å². The van der Waals surface area contributed by atoms with Crippen LogP contribution in [0.3, 0.4) is 0 Å². The summed E-state index contributed by atoms with van der Waals surface area (Å²) in [5.74, 6) is 0.666. The molecule has 1 amide bonds. The monoisotopic (exact) mass is 297 g/mol. The fraction of sp³-hybridized carbons (Fsp3) is 0.533. The molecule has 0 unspecified atom stereocenters. The molecule has 0 heterocycles. The minimum absolute atomic E-state index is 0.0685. The Hall–Kier alpha value is -1.79. The number of carbonyl (C=O) groups excluding carboxylic acids is 1. The number of rotatable bonds is 6. The number of nitrogens with one attached hydrogen (secondary N) is 1. The maximum absolute atomic E-state index is 11.3. The summed E-state index contributed by atoms with van der Waals surface area (Å²) in [6.07, 6.45) is -1.56. The molecule has 0 spiro atoms. The molecule has 0 aliphatic rings. The van der Waals surface area contributed by atoms with Gasteiger partial charge in [0, 0.05) is 0 Å². The summed E-state index contributed by atoms with van der Waals surface area (Å²) in [7, 11) is 0. The molecule has 0 fully saturated rings. The zero-order chi connectivity index (χ0) is 15.9. The Morgan fingerprint density at radius 1 is 1.24 bits per heavy atom. The third kappa shape index (κ3) is 8.16. The highest BCUT2D eigenvalue weighted by molar-refractivity contribution is 5.66. The molecule has 0 radical (unpaired) electrons. The Balaban J connectivity index is 2.18. The van der Waals surface area contributed by atoms with Crippen molar-refractivity contribution in [1.29, 1.82) is 0 Å². The van der Waals surface area contributed by atoms with Crippen molar-refractivity contribution in [2.75, 3.05) is 13.2 Å². The van der Waals surface area contributed by atoms with Crippen LogP contribution in [-0.2, 0) is 9.57 Å². The number of ether oxygens (including phenoxy) is 2. The first kappa shape index (κ1) is 17.3. The molecule has 0 saturated carbocycles. The van der Waals surface area contributed by atoms with E-state index in [-0.39, 0.29) is 13.2 Å². The Morgan fingerprint density at radius 2 is 1.86 bits per heavy atom. The van der Waals surface area contributed by atoms with Crippen LogP contribution in [0, 0.1) is 6.92 Å². The van der Waals surface area contributed by atoms with E-state index in [0.29, 0.717) is 5.75 Å². The van der Waals surface area contributed by atoms with Gasteiger partial charge in [0.05, 0.1) is 0 Å². The van der Waals surface area contributed by atoms with E-state index in [9.17, 15) is 9.90 Å². The quantitative estimate of drug-likeness (QED) is 0.787. The second kappa shape index (κ2) is 7.85. The molecular formula is C15H23NO5. The van der Waals surface area contributed by atoms with Crippen molar-refractivity contribution < 1.29 is 24.2 Å². The Kier molecular flexibility index (Phi) is 6.45. The van der Waals surface area contributed by atoms with Gasteiger partial charge in [-0.3, -0.25) is 4.84 Å². The van der Waals surface area contributed by atoms with Gasteiger partial charge in [0.15, 0.2) is 0 Å². The molecule has 1 atom stereocenters. The molecule has 118 valence electrons. The molecule has 1 aromatic rings. The van der Waals surface area contributed by atoms with Gasteiger partial charge in [-0.05, 0) is 39.8 Å². The number of amides is 1. The molecule has 0 aliphatic heterocycles. The van der Waals surface area contributed by atoms with E-state index in [1.807, 2.05) is 31.2 Å². The normalized spacial score (nSPS) is 12.6.